The lowest BCUT2D eigenvalue weighted by Gasteiger charge is -2.23. The van der Waals surface area contributed by atoms with Crippen molar-refractivity contribution >= 4 is 11.8 Å². The predicted molar refractivity (Wildman–Crippen MR) is 74.8 cm³/mol. The molecule has 6 heteroatoms. The van der Waals surface area contributed by atoms with Gasteiger partial charge in [-0.1, -0.05) is 0 Å². The standard InChI is InChI=1S/C13H20N2O3S/c1-17-11-8-14-12(13(15-11)18-2)10(16)7-9-3-5-19-6-4-9/h8-10,16H,3-7H2,1-2H3. The summed E-state index contributed by atoms with van der Waals surface area (Å²) in [5.74, 6) is 3.66. The molecule has 0 radical (unpaired) electrons. The SMILES string of the molecule is COc1cnc(C(O)CC2CCSCC2)c(OC)n1. The number of hydrogen-bond donors (Lipinski definition) is 1. The highest BCUT2D eigenvalue weighted by molar-refractivity contribution is 7.99. The van der Waals surface area contributed by atoms with Gasteiger partial charge in [0.25, 0.3) is 0 Å². The Morgan fingerprint density at radius 3 is 2.74 bits per heavy atom. The van der Waals surface area contributed by atoms with E-state index in [0.29, 0.717) is 23.4 Å². The van der Waals surface area contributed by atoms with Crippen molar-refractivity contribution in [2.45, 2.75) is 25.4 Å². The fraction of sp³-hybridized carbons (Fsp3) is 0.692. The van der Waals surface area contributed by atoms with Crippen LogP contribution in [-0.4, -0.2) is 40.8 Å². The van der Waals surface area contributed by atoms with Crippen LogP contribution >= 0.6 is 11.8 Å². The molecule has 1 atom stereocenters. The summed E-state index contributed by atoms with van der Waals surface area (Å²) in [5, 5.41) is 10.3. The van der Waals surface area contributed by atoms with Crippen molar-refractivity contribution in [3.63, 3.8) is 0 Å². The zero-order valence-corrected chi connectivity index (χ0v) is 12.2. The molecule has 5 nitrogen and oxygen atoms in total. The van der Waals surface area contributed by atoms with E-state index in [4.69, 9.17) is 9.47 Å². The molecule has 1 aliphatic rings. The van der Waals surface area contributed by atoms with Gasteiger partial charge in [0, 0.05) is 0 Å². The van der Waals surface area contributed by atoms with E-state index in [-0.39, 0.29) is 0 Å². The van der Waals surface area contributed by atoms with E-state index in [1.807, 2.05) is 11.8 Å². The fourth-order valence-corrected chi connectivity index (χ4v) is 3.46. The van der Waals surface area contributed by atoms with Gasteiger partial charge in [-0.2, -0.15) is 16.7 Å². The largest absolute Gasteiger partial charge is 0.480 e. The van der Waals surface area contributed by atoms with Gasteiger partial charge in [0.15, 0.2) is 0 Å². The van der Waals surface area contributed by atoms with E-state index >= 15 is 0 Å². The highest BCUT2D eigenvalue weighted by atomic mass is 32.2. The van der Waals surface area contributed by atoms with Crippen LogP contribution in [0.2, 0.25) is 0 Å². The van der Waals surface area contributed by atoms with E-state index in [1.54, 1.807) is 0 Å². The van der Waals surface area contributed by atoms with E-state index in [2.05, 4.69) is 9.97 Å². The molecule has 0 amide bonds. The fourth-order valence-electron chi connectivity index (χ4n) is 2.25. The van der Waals surface area contributed by atoms with Crippen LogP contribution in [0, 0.1) is 5.92 Å². The Balaban J connectivity index is 2.06. The van der Waals surface area contributed by atoms with Gasteiger partial charge in [-0.05, 0) is 36.7 Å². The van der Waals surface area contributed by atoms with Crippen molar-refractivity contribution < 1.29 is 14.6 Å². The van der Waals surface area contributed by atoms with Gasteiger partial charge in [0.05, 0.1) is 20.4 Å². The molecular formula is C13H20N2O3S. The van der Waals surface area contributed by atoms with Crippen LogP contribution in [0.5, 0.6) is 11.8 Å². The summed E-state index contributed by atoms with van der Waals surface area (Å²) in [6.07, 6.45) is 3.93. The Morgan fingerprint density at radius 1 is 1.37 bits per heavy atom. The summed E-state index contributed by atoms with van der Waals surface area (Å²) in [4.78, 5) is 8.37. The predicted octanol–water partition coefficient (Wildman–Crippen LogP) is 2.06. The van der Waals surface area contributed by atoms with Crippen LogP contribution < -0.4 is 9.47 Å². The molecule has 0 aromatic carbocycles. The lowest BCUT2D eigenvalue weighted by atomic mass is 9.94. The van der Waals surface area contributed by atoms with Gasteiger partial charge in [-0.15, -0.1) is 0 Å². The normalized spacial score (nSPS) is 18.1. The van der Waals surface area contributed by atoms with Gasteiger partial charge in [0.2, 0.25) is 11.8 Å². The van der Waals surface area contributed by atoms with E-state index in [0.717, 1.165) is 19.3 Å². The maximum atomic E-state index is 10.3. The van der Waals surface area contributed by atoms with Crippen molar-refractivity contribution in [1.82, 2.24) is 9.97 Å². The second kappa shape index (κ2) is 6.96. The molecule has 0 spiro atoms. The molecule has 2 heterocycles. The number of rotatable bonds is 5. The highest BCUT2D eigenvalue weighted by Gasteiger charge is 2.23. The van der Waals surface area contributed by atoms with Crippen molar-refractivity contribution in [2.24, 2.45) is 5.92 Å². The van der Waals surface area contributed by atoms with E-state index < -0.39 is 6.10 Å². The molecule has 1 aromatic heterocycles. The first-order chi connectivity index (χ1) is 9.24. The van der Waals surface area contributed by atoms with Crippen LogP contribution in [0.4, 0.5) is 0 Å². The van der Waals surface area contributed by atoms with Crippen LogP contribution in [-0.2, 0) is 0 Å². The zero-order chi connectivity index (χ0) is 13.7. The highest BCUT2D eigenvalue weighted by Crippen LogP contribution is 2.33. The molecule has 0 bridgehead atoms. The average molecular weight is 284 g/mol. The Labute approximate surface area is 117 Å². The van der Waals surface area contributed by atoms with Crippen molar-refractivity contribution in [2.75, 3.05) is 25.7 Å². The Morgan fingerprint density at radius 2 is 2.11 bits per heavy atom. The third-order valence-corrected chi connectivity index (χ3v) is 4.41. The number of methoxy groups -OCH3 is 2. The molecule has 2 rings (SSSR count). The number of aliphatic hydroxyl groups excluding tert-OH is 1. The van der Waals surface area contributed by atoms with Crippen LogP contribution in [0.15, 0.2) is 6.20 Å². The molecule has 1 aliphatic heterocycles. The molecule has 1 unspecified atom stereocenters. The number of hydrogen-bond acceptors (Lipinski definition) is 6. The molecule has 0 saturated carbocycles. The number of nitrogens with zero attached hydrogens (tertiary/aromatic N) is 2. The zero-order valence-electron chi connectivity index (χ0n) is 11.3. The first kappa shape index (κ1) is 14.4. The van der Waals surface area contributed by atoms with Crippen molar-refractivity contribution in [1.29, 1.82) is 0 Å². The monoisotopic (exact) mass is 284 g/mol. The first-order valence-electron chi connectivity index (χ1n) is 6.45. The Hall–Kier alpha value is -1.01. The van der Waals surface area contributed by atoms with E-state index in [1.165, 1.54) is 31.9 Å². The molecule has 1 fully saturated rings. The lowest BCUT2D eigenvalue weighted by molar-refractivity contribution is 0.132. The molecule has 1 saturated heterocycles. The molecule has 106 valence electrons. The second-order valence-electron chi connectivity index (χ2n) is 4.61. The van der Waals surface area contributed by atoms with Gasteiger partial charge in [-0.25, -0.2) is 4.98 Å². The van der Waals surface area contributed by atoms with Gasteiger partial charge in [0.1, 0.15) is 11.8 Å². The summed E-state index contributed by atoms with van der Waals surface area (Å²) in [6, 6.07) is 0. The Bertz CT molecular complexity index is 411. The summed E-state index contributed by atoms with van der Waals surface area (Å²) in [7, 11) is 3.05. The minimum atomic E-state index is -0.624. The molecular weight excluding hydrogens is 264 g/mol. The summed E-state index contributed by atoms with van der Waals surface area (Å²) in [6.45, 7) is 0. The number of ether oxygens (including phenoxy) is 2. The minimum Gasteiger partial charge on any atom is -0.480 e. The van der Waals surface area contributed by atoms with Crippen LogP contribution in [0.1, 0.15) is 31.1 Å². The maximum absolute atomic E-state index is 10.3. The lowest BCUT2D eigenvalue weighted by Crippen LogP contribution is -2.15. The number of aromatic nitrogens is 2. The molecule has 1 N–H and O–H groups in total. The summed E-state index contributed by atoms with van der Waals surface area (Å²) in [5.41, 5.74) is 0.501. The minimum absolute atomic E-state index is 0.344. The average Bonchev–Trinajstić information content (AvgIpc) is 2.47. The third-order valence-electron chi connectivity index (χ3n) is 3.36. The van der Waals surface area contributed by atoms with Gasteiger partial charge < -0.3 is 14.6 Å². The quantitative estimate of drug-likeness (QED) is 0.893. The second-order valence-corrected chi connectivity index (χ2v) is 5.84. The topological polar surface area (TPSA) is 64.5 Å². The Kier molecular flexibility index (Phi) is 5.27. The number of aliphatic hydroxyl groups is 1. The van der Waals surface area contributed by atoms with Gasteiger partial charge in [-0.3, -0.25) is 0 Å². The van der Waals surface area contributed by atoms with E-state index in [9.17, 15) is 5.11 Å². The summed E-state index contributed by atoms with van der Waals surface area (Å²) >= 11 is 1.98. The van der Waals surface area contributed by atoms with Crippen LogP contribution in [0.3, 0.4) is 0 Å². The molecule has 0 aliphatic carbocycles. The van der Waals surface area contributed by atoms with Crippen LogP contribution in [0.25, 0.3) is 0 Å². The maximum Gasteiger partial charge on any atom is 0.241 e. The third kappa shape index (κ3) is 3.73. The first-order valence-corrected chi connectivity index (χ1v) is 7.60. The smallest absolute Gasteiger partial charge is 0.241 e. The van der Waals surface area contributed by atoms with Gasteiger partial charge >= 0.3 is 0 Å². The summed E-state index contributed by atoms with van der Waals surface area (Å²) < 4.78 is 10.2. The van der Waals surface area contributed by atoms with Crippen molar-refractivity contribution in [3.05, 3.63) is 11.9 Å². The molecule has 19 heavy (non-hydrogen) atoms. The number of thioether (sulfide) groups is 1. The van der Waals surface area contributed by atoms with Crippen molar-refractivity contribution in [3.8, 4) is 11.8 Å². The molecule has 1 aromatic rings.